The van der Waals surface area contributed by atoms with Crippen molar-refractivity contribution in [2.75, 3.05) is 5.73 Å². The highest BCUT2D eigenvalue weighted by atomic mass is 32.1. The van der Waals surface area contributed by atoms with Crippen molar-refractivity contribution < 1.29 is 3.96 Å². The molecule has 94 valence electrons. The Labute approximate surface area is 116 Å². The zero-order chi connectivity index (χ0) is 13.2. The van der Waals surface area contributed by atoms with Gasteiger partial charge in [0.2, 0.25) is 0 Å². The third-order valence-electron chi connectivity index (χ3n) is 2.96. The third-order valence-corrected chi connectivity index (χ3v) is 3.79. The highest BCUT2D eigenvalue weighted by Crippen LogP contribution is 2.21. The molecular weight excluding hydrogens is 254 g/mol. The van der Waals surface area contributed by atoms with E-state index in [0.717, 1.165) is 17.1 Å². The Hall–Kier alpha value is -2.20. The highest BCUT2D eigenvalue weighted by Gasteiger charge is 2.23. The molecule has 3 rings (SSSR count). The van der Waals surface area contributed by atoms with Crippen LogP contribution in [-0.4, -0.2) is 4.98 Å². The van der Waals surface area contributed by atoms with E-state index in [0.29, 0.717) is 5.13 Å². The molecule has 3 nitrogen and oxygen atoms in total. The lowest BCUT2D eigenvalue weighted by atomic mass is 10.2. The van der Waals surface area contributed by atoms with Gasteiger partial charge in [0.25, 0.3) is 0 Å². The molecule has 0 amide bonds. The largest absolute Gasteiger partial charge is 0.351 e. The number of nitrogens with zero attached hydrogens (tertiary/aromatic N) is 2. The predicted molar refractivity (Wildman–Crippen MR) is 78.2 cm³/mol. The number of hydrogen-bond acceptors (Lipinski definition) is 3. The smallest absolute Gasteiger partial charge is 0.350 e. The molecule has 0 aliphatic heterocycles. The number of nitrogens with two attached hydrogens (primary N) is 1. The van der Waals surface area contributed by atoms with Gasteiger partial charge in [-0.05, 0) is 35.7 Å². The minimum atomic E-state index is 0.571. The van der Waals surface area contributed by atoms with Crippen LogP contribution in [0.25, 0.3) is 17.1 Å². The number of anilines is 1. The van der Waals surface area contributed by atoms with Crippen molar-refractivity contribution in [3.05, 3.63) is 60.2 Å². The number of aromatic nitrogens is 2. The maximum atomic E-state index is 5.89. The average Bonchev–Trinajstić information content (AvgIpc) is 2.82. The molecule has 0 aliphatic carbocycles. The van der Waals surface area contributed by atoms with Gasteiger partial charge in [-0.25, -0.2) is 0 Å². The zero-order valence-corrected chi connectivity index (χ0v) is 11.4. The molecule has 0 saturated carbocycles. The predicted octanol–water partition coefficient (Wildman–Crippen LogP) is 2.98. The van der Waals surface area contributed by atoms with E-state index >= 15 is 0 Å². The van der Waals surface area contributed by atoms with Crippen molar-refractivity contribution >= 4 is 16.7 Å². The number of benzene rings is 2. The lowest BCUT2D eigenvalue weighted by Gasteiger charge is -2.01. The van der Waals surface area contributed by atoms with Crippen LogP contribution in [0, 0.1) is 6.92 Å². The second kappa shape index (κ2) is 4.82. The van der Waals surface area contributed by atoms with Gasteiger partial charge in [0.1, 0.15) is 17.2 Å². The van der Waals surface area contributed by atoms with Crippen LogP contribution in [0.15, 0.2) is 54.6 Å². The Kier molecular flexibility index (Phi) is 3.01. The maximum absolute atomic E-state index is 5.89. The first kappa shape index (κ1) is 11.9. The summed E-state index contributed by atoms with van der Waals surface area (Å²) in [4.78, 5) is 4.46. The molecule has 1 heterocycles. The van der Waals surface area contributed by atoms with E-state index in [1.165, 1.54) is 17.1 Å². The fourth-order valence-electron chi connectivity index (χ4n) is 2.03. The van der Waals surface area contributed by atoms with Crippen molar-refractivity contribution in [2.24, 2.45) is 0 Å². The van der Waals surface area contributed by atoms with Crippen LogP contribution in [-0.2, 0) is 0 Å². The van der Waals surface area contributed by atoms with Crippen molar-refractivity contribution in [2.45, 2.75) is 6.92 Å². The fourth-order valence-corrected chi connectivity index (χ4v) is 2.88. The molecule has 0 radical (unpaired) electrons. The summed E-state index contributed by atoms with van der Waals surface area (Å²) >= 11 is 1.46. The van der Waals surface area contributed by atoms with Crippen LogP contribution in [0.4, 0.5) is 5.13 Å². The number of nitrogen functional groups attached to an aromatic ring is 1. The standard InChI is InChI=1S/C15H13N3S/c1-11-7-5-6-10-13(11)18-14(17-15(16)19-18)12-8-3-2-4-9-12/h2-10,16H,1H3/p+1. The number of aryl methyl sites for hydroxylation is 1. The molecule has 2 N–H and O–H groups in total. The Balaban J connectivity index is 2.21. The average molecular weight is 268 g/mol. The Morgan fingerprint density at radius 2 is 1.68 bits per heavy atom. The van der Waals surface area contributed by atoms with Crippen LogP contribution in [0.5, 0.6) is 0 Å². The first-order valence-electron chi connectivity index (χ1n) is 6.06. The van der Waals surface area contributed by atoms with Crippen molar-refractivity contribution in [1.29, 1.82) is 0 Å². The molecule has 0 aliphatic rings. The maximum Gasteiger partial charge on any atom is 0.350 e. The van der Waals surface area contributed by atoms with Crippen molar-refractivity contribution in [3.63, 3.8) is 0 Å². The zero-order valence-electron chi connectivity index (χ0n) is 10.6. The topological polar surface area (TPSA) is 42.8 Å². The Bertz CT molecular complexity index is 704. The summed E-state index contributed by atoms with van der Waals surface area (Å²) < 4.78 is 2.08. The molecule has 19 heavy (non-hydrogen) atoms. The summed E-state index contributed by atoms with van der Waals surface area (Å²) in [6.45, 7) is 2.09. The normalized spacial score (nSPS) is 10.6. The molecule has 0 atom stereocenters. The van der Waals surface area contributed by atoms with Crippen molar-refractivity contribution in [3.8, 4) is 17.1 Å². The first-order valence-corrected chi connectivity index (χ1v) is 6.83. The van der Waals surface area contributed by atoms with E-state index in [-0.39, 0.29) is 0 Å². The van der Waals surface area contributed by atoms with Crippen molar-refractivity contribution in [1.82, 2.24) is 4.98 Å². The SMILES string of the molecule is Cc1ccccc1-[n+]1sc(N)nc1-c1ccccc1. The van der Waals surface area contributed by atoms with Crippen LogP contribution >= 0.6 is 11.5 Å². The quantitative estimate of drug-likeness (QED) is 0.726. The summed E-state index contributed by atoms with van der Waals surface area (Å²) in [5, 5.41) is 0.571. The Morgan fingerprint density at radius 3 is 2.42 bits per heavy atom. The molecule has 3 aromatic rings. The monoisotopic (exact) mass is 268 g/mol. The van der Waals surface area contributed by atoms with Gasteiger partial charge in [-0.15, -0.1) is 3.96 Å². The van der Waals surface area contributed by atoms with E-state index in [9.17, 15) is 0 Å². The number of para-hydroxylation sites is 1. The summed E-state index contributed by atoms with van der Waals surface area (Å²) in [6.07, 6.45) is 0. The molecule has 0 bridgehead atoms. The molecule has 0 spiro atoms. The lowest BCUT2D eigenvalue weighted by molar-refractivity contribution is -0.510. The summed E-state index contributed by atoms with van der Waals surface area (Å²) in [7, 11) is 0. The van der Waals surface area contributed by atoms with Gasteiger partial charge in [-0.3, -0.25) is 0 Å². The third kappa shape index (κ3) is 2.22. The van der Waals surface area contributed by atoms with Crippen LogP contribution < -0.4 is 9.69 Å². The molecule has 4 heteroatoms. The summed E-state index contributed by atoms with van der Waals surface area (Å²) in [5.74, 6) is 0.886. The highest BCUT2D eigenvalue weighted by molar-refractivity contribution is 7.05. The molecule has 0 saturated heterocycles. The summed E-state index contributed by atoms with van der Waals surface area (Å²) in [5.41, 5.74) is 9.28. The van der Waals surface area contributed by atoms with Gasteiger partial charge >= 0.3 is 11.0 Å². The summed E-state index contributed by atoms with van der Waals surface area (Å²) in [6, 6.07) is 18.3. The van der Waals surface area contributed by atoms with E-state index in [4.69, 9.17) is 5.73 Å². The lowest BCUT2D eigenvalue weighted by Crippen LogP contribution is -2.29. The minimum Gasteiger partial charge on any atom is -0.351 e. The van der Waals surface area contributed by atoms with Crippen LogP contribution in [0.3, 0.4) is 0 Å². The van der Waals surface area contributed by atoms with E-state index in [1.807, 2.05) is 42.5 Å². The van der Waals surface area contributed by atoms with Crippen LogP contribution in [0.1, 0.15) is 5.56 Å². The second-order valence-corrected chi connectivity index (χ2v) is 5.28. The minimum absolute atomic E-state index is 0.571. The second-order valence-electron chi connectivity index (χ2n) is 4.31. The van der Waals surface area contributed by atoms with E-state index in [1.54, 1.807) is 0 Å². The Morgan fingerprint density at radius 1 is 1.00 bits per heavy atom. The van der Waals surface area contributed by atoms with Gasteiger partial charge < -0.3 is 5.73 Å². The van der Waals surface area contributed by atoms with Gasteiger partial charge in [0.05, 0.1) is 5.56 Å². The van der Waals surface area contributed by atoms with E-state index < -0.39 is 0 Å². The van der Waals surface area contributed by atoms with E-state index in [2.05, 4.69) is 28.0 Å². The van der Waals surface area contributed by atoms with Gasteiger partial charge in [-0.1, -0.05) is 36.4 Å². The molecule has 2 aromatic carbocycles. The molecular formula is C15H14N3S+. The van der Waals surface area contributed by atoms with Gasteiger partial charge in [0, 0.05) is 0 Å². The van der Waals surface area contributed by atoms with Gasteiger partial charge in [0.15, 0.2) is 0 Å². The van der Waals surface area contributed by atoms with Crippen LogP contribution in [0.2, 0.25) is 0 Å². The molecule has 0 fully saturated rings. The molecule has 0 unspecified atom stereocenters. The fraction of sp³-hybridized carbons (Fsp3) is 0.0667. The molecule has 1 aromatic heterocycles. The number of rotatable bonds is 2. The first-order chi connectivity index (χ1) is 9.25. The van der Waals surface area contributed by atoms with Gasteiger partial charge in [-0.2, -0.15) is 0 Å². The number of hydrogen-bond donors (Lipinski definition) is 1.